The molecule has 17 heavy (non-hydrogen) atoms. The summed E-state index contributed by atoms with van der Waals surface area (Å²) in [5.74, 6) is -1.70. The summed E-state index contributed by atoms with van der Waals surface area (Å²) in [5, 5.41) is 0. The van der Waals surface area contributed by atoms with Gasteiger partial charge in [-0.25, -0.2) is 4.79 Å². The average molecular weight is 230 g/mol. The van der Waals surface area contributed by atoms with E-state index >= 15 is 0 Å². The van der Waals surface area contributed by atoms with Crippen LogP contribution >= 0.6 is 0 Å². The number of benzene rings is 1. The van der Waals surface area contributed by atoms with Crippen LogP contribution in [0, 0.1) is 0 Å². The highest BCUT2D eigenvalue weighted by Crippen LogP contribution is 2.01. The quantitative estimate of drug-likeness (QED) is 0.194. The minimum atomic E-state index is -0.977. The Morgan fingerprint density at radius 3 is 2.47 bits per heavy atom. The molecule has 86 valence electrons. The van der Waals surface area contributed by atoms with Crippen molar-refractivity contribution in [2.75, 3.05) is 7.11 Å². The molecule has 0 aromatic heterocycles. The molecule has 0 heterocycles. The van der Waals surface area contributed by atoms with Crippen LogP contribution in [0.5, 0.6) is 0 Å². The van der Waals surface area contributed by atoms with E-state index in [0.717, 1.165) is 18.7 Å². The number of carbonyl (C=O) groups excluding carboxylic acids is 2. The van der Waals surface area contributed by atoms with Crippen molar-refractivity contribution in [3.8, 4) is 0 Å². The topological polar surface area (TPSA) is 79.8 Å². The number of esters is 1. The molecule has 0 bridgehead atoms. The van der Waals surface area contributed by atoms with Crippen molar-refractivity contribution in [3.05, 3.63) is 47.5 Å². The Balaban J connectivity index is 2.83. The SMILES string of the molecule is COC(=O)C(=[N+]=[N-])C(=O)/C=C/c1ccccc1. The van der Waals surface area contributed by atoms with Crippen molar-refractivity contribution >= 4 is 23.5 Å². The first-order valence-electron chi connectivity index (χ1n) is 4.77. The minimum absolute atomic E-state index is 0.653. The normalized spacial score (nSPS) is 9.71. The van der Waals surface area contributed by atoms with Crippen LogP contribution < -0.4 is 0 Å². The monoisotopic (exact) mass is 230 g/mol. The van der Waals surface area contributed by atoms with Gasteiger partial charge in [-0.2, -0.15) is 4.79 Å². The Hall–Kier alpha value is -2.52. The molecule has 0 radical (unpaired) electrons. The van der Waals surface area contributed by atoms with Crippen molar-refractivity contribution in [1.29, 1.82) is 0 Å². The molecule has 0 fully saturated rings. The molecule has 0 amide bonds. The second-order valence-electron chi connectivity index (χ2n) is 3.05. The highest BCUT2D eigenvalue weighted by molar-refractivity contribution is 6.64. The summed E-state index contributed by atoms with van der Waals surface area (Å²) in [5.41, 5.74) is 8.67. The number of rotatable bonds is 4. The van der Waals surface area contributed by atoms with Crippen molar-refractivity contribution in [2.24, 2.45) is 0 Å². The van der Waals surface area contributed by atoms with E-state index < -0.39 is 17.5 Å². The lowest BCUT2D eigenvalue weighted by Crippen LogP contribution is -2.24. The maximum Gasteiger partial charge on any atom is 0.445 e. The number of hydrogen-bond acceptors (Lipinski definition) is 3. The van der Waals surface area contributed by atoms with Crippen LogP contribution in [0.4, 0.5) is 0 Å². The number of methoxy groups -OCH3 is 1. The third kappa shape index (κ3) is 3.52. The maximum atomic E-state index is 11.5. The first-order valence-corrected chi connectivity index (χ1v) is 4.77. The molecule has 0 aliphatic carbocycles. The molecule has 1 aromatic carbocycles. The first kappa shape index (κ1) is 12.5. The molecule has 0 N–H and O–H groups in total. The molecule has 0 atom stereocenters. The second-order valence-corrected chi connectivity index (χ2v) is 3.05. The summed E-state index contributed by atoms with van der Waals surface area (Å²) in [4.78, 5) is 25.1. The van der Waals surface area contributed by atoms with Gasteiger partial charge in [0.15, 0.2) is 0 Å². The Bertz CT molecular complexity index is 500. The van der Waals surface area contributed by atoms with E-state index in [9.17, 15) is 9.59 Å². The van der Waals surface area contributed by atoms with Crippen molar-refractivity contribution < 1.29 is 19.1 Å². The van der Waals surface area contributed by atoms with Crippen LogP contribution in [0.1, 0.15) is 5.56 Å². The Morgan fingerprint density at radius 1 is 1.29 bits per heavy atom. The van der Waals surface area contributed by atoms with Crippen molar-refractivity contribution in [3.63, 3.8) is 0 Å². The third-order valence-electron chi connectivity index (χ3n) is 1.94. The predicted octanol–water partition coefficient (Wildman–Crippen LogP) is 1.11. The summed E-state index contributed by atoms with van der Waals surface area (Å²) < 4.78 is 4.29. The molecule has 5 nitrogen and oxygen atoms in total. The van der Waals surface area contributed by atoms with Gasteiger partial charge >= 0.3 is 11.7 Å². The van der Waals surface area contributed by atoms with E-state index in [1.54, 1.807) is 12.1 Å². The lowest BCUT2D eigenvalue weighted by molar-refractivity contribution is -0.139. The van der Waals surface area contributed by atoms with Crippen LogP contribution in [0.3, 0.4) is 0 Å². The van der Waals surface area contributed by atoms with E-state index in [4.69, 9.17) is 5.53 Å². The zero-order valence-corrected chi connectivity index (χ0v) is 9.16. The van der Waals surface area contributed by atoms with Crippen LogP contribution in [0.15, 0.2) is 36.4 Å². The van der Waals surface area contributed by atoms with Gasteiger partial charge in [-0.15, -0.1) is 0 Å². The smallest absolute Gasteiger partial charge is 0.445 e. The van der Waals surface area contributed by atoms with E-state index in [-0.39, 0.29) is 0 Å². The molecule has 0 saturated heterocycles. The van der Waals surface area contributed by atoms with E-state index in [0.29, 0.717) is 0 Å². The average Bonchev–Trinajstić information content (AvgIpc) is 2.38. The number of ketones is 1. The van der Waals surface area contributed by atoms with Gasteiger partial charge in [-0.3, -0.25) is 4.79 Å². The van der Waals surface area contributed by atoms with Gasteiger partial charge in [0, 0.05) is 0 Å². The summed E-state index contributed by atoms with van der Waals surface area (Å²) >= 11 is 0. The number of carbonyl (C=O) groups is 2. The molecule has 0 spiro atoms. The molecular weight excluding hydrogens is 220 g/mol. The summed E-state index contributed by atoms with van der Waals surface area (Å²) in [6.45, 7) is 0. The van der Waals surface area contributed by atoms with Gasteiger partial charge in [-0.05, 0) is 11.6 Å². The number of hydrogen-bond donors (Lipinski definition) is 0. The molecule has 0 aliphatic rings. The fourth-order valence-electron chi connectivity index (χ4n) is 1.10. The highest BCUT2D eigenvalue weighted by atomic mass is 16.5. The lowest BCUT2D eigenvalue weighted by atomic mass is 10.1. The fourth-order valence-corrected chi connectivity index (χ4v) is 1.10. The maximum absolute atomic E-state index is 11.5. The molecule has 1 aromatic rings. The first-order chi connectivity index (χ1) is 8.19. The van der Waals surface area contributed by atoms with Crippen LogP contribution in [-0.4, -0.2) is 29.4 Å². The summed E-state index contributed by atoms with van der Waals surface area (Å²) in [6.07, 6.45) is 2.65. The number of ether oxygens (including phenoxy) is 1. The molecule has 5 heteroatoms. The van der Waals surface area contributed by atoms with Gasteiger partial charge in [0.05, 0.1) is 7.11 Å². The molecule has 0 saturated carbocycles. The fraction of sp³-hybridized carbons (Fsp3) is 0.0833. The number of nitrogens with zero attached hydrogens (tertiary/aromatic N) is 2. The Labute approximate surface area is 98.0 Å². The predicted molar refractivity (Wildman–Crippen MR) is 61.1 cm³/mol. The van der Waals surface area contributed by atoms with Crippen molar-refractivity contribution in [2.45, 2.75) is 0 Å². The molecule has 1 rings (SSSR count). The van der Waals surface area contributed by atoms with E-state index in [2.05, 4.69) is 9.53 Å². The Morgan fingerprint density at radius 2 is 1.94 bits per heavy atom. The zero-order valence-electron chi connectivity index (χ0n) is 9.16. The Kier molecular flexibility index (Phi) is 4.54. The van der Waals surface area contributed by atoms with Crippen LogP contribution in [0.2, 0.25) is 0 Å². The molecular formula is C12H10N2O3. The lowest BCUT2D eigenvalue weighted by Gasteiger charge is -1.91. The standard InChI is InChI=1S/C12H10N2O3/c1-17-12(16)11(14-13)10(15)8-7-9-5-3-2-4-6-9/h2-8H,1H3/b8-7+. The van der Waals surface area contributed by atoms with Gasteiger partial charge in [0.1, 0.15) is 0 Å². The molecule has 0 aliphatic heterocycles. The van der Waals surface area contributed by atoms with Crippen molar-refractivity contribution in [1.82, 2.24) is 0 Å². The zero-order chi connectivity index (χ0) is 12.7. The highest BCUT2D eigenvalue weighted by Gasteiger charge is 2.28. The van der Waals surface area contributed by atoms with Crippen LogP contribution in [0.25, 0.3) is 11.6 Å². The summed E-state index contributed by atoms with van der Waals surface area (Å²) in [7, 11) is 1.10. The van der Waals surface area contributed by atoms with Gasteiger partial charge in [0.25, 0.3) is 5.78 Å². The van der Waals surface area contributed by atoms with Gasteiger partial charge in [0.2, 0.25) is 0 Å². The minimum Gasteiger partial charge on any atom is -0.460 e. The van der Waals surface area contributed by atoms with E-state index in [1.807, 2.05) is 18.2 Å². The van der Waals surface area contributed by atoms with Gasteiger partial charge < -0.3 is 10.3 Å². The largest absolute Gasteiger partial charge is 0.460 e. The van der Waals surface area contributed by atoms with E-state index in [1.165, 1.54) is 6.08 Å². The molecule has 0 unspecified atom stereocenters. The second kappa shape index (κ2) is 6.15. The summed E-state index contributed by atoms with van der Waals surface area (Å²) in [6, 6.07) is 9.04. The third-order valence-corrected chi connectivity index (χ3v) is 1.94. The number of allylic oxidation sites excluding steroid dienone is 1. The van der Waals surface area contributed by atoms with Gasteiger partial charge in [-0.1, -0.05) is 36.4 Å². The van der Waals surface area contributed by atoms with Crippen LogP contribution in [-0.2, 0) is 14.3 Å².